The lowest BCUT2D eigenvalue weighted by Gasteiger charge is -2.32. The number of nitrogens with zero attached hydrogens (tertiary/aromatic N) is 2. The van der Waals surface area contributed by atoms with E-state index in [1.807, 2.05) is 0 Å². The molecule has 0 saturated carbocycles. The van der Waals surface area contributed by atoms with Gasteiger partial charge < -0.3 is 19.7 Å². The van der Waals surface area contributed by atoms with Crippen molar-refractivity contribution in [3.05, 3.63) is 28.1 Å². The first kappa shape index (κ1) is 17.4. The Balaban J connectivity index is 2.04. The minimum Gasteiger partial charge on any atom is -0.494 e. The van der Waals surface area contributed by atoms with Crippen LogP contribution in [0.1, 0.15) is 12.8 Å². The molecule has 1 saturated heterocycles. The minimum atomic E-state index is -0.737. The quantitative estimate of drug-likeness (QED) is 0.611. The van der Waals surface area contributed by atoms with Crippen molar-refractivity contribution < 1.29 is 18.8 Å². The predicted molar refractivity (Wildman–Crippen MR) is 84.6 cm³/mol. The Bertz CT molecular complexity index is 548. The maximum Gasteiger partial charge on any atom is 0.295 e. The van der Waals surface area contributed by atoms with Crippen LogP contribution in [0.25, 0.3) is 0 Å². The second-order valence-corrected chi connectivity index (χ2v) is 5.51. The number of ether oxygens (including phenoxy) is 2. The van der Waals surface area contributed by atoms with Gasteiger partial charge in [-0.15, -0.1) is 0 Å². The lowest BCUT2D eigenvalue weighted by molar-refractivity contribution is -0.384. The number of piperidine rings is 1. The van der Waals surface area contributed by atoms with Crippen molar-refractivity contribution >= 4 is 11.4 Å². The SMILES string of the molecule is COCCN1CCC(Nc2cc(OC)c(F)cc2[N+](=O)[O-])CC1. The van der Waals surface area contributed by atoms with Crippen molar-refractivity contribution in [2.24, 2.45) is 0 Å². The van der Waals surface area contributed by atoms with Crippen LogP contribution in [0.4, 0.5) is 15.8 Å². The molecule has 1 aliphatic rings. The highest BCUT2D eigenvalue weighted by molar-refractivity contribution is 5.65. The van der Waals surface area contributed by atoms with Gasteiger partial charge in [-0.05, 0) is 12.8 Å². The Kier molecular flexibility index (Phi) is 6.12. The smallest absolute Gasteiger partial charge is 0.295 e. The van der Waals surface area contributed by atoms with Crippen molar-refractivity contribution in [3.8, 4) is 5.75 Å². The number of nitro benzene ring substituents is 1. The fourth-order valence-corrected chi connectivity index (χ4v) is 2.71. The fourth-order valence-electron chi connectivity index (χ4n) is 2.71. The molecule has 8 heteroatoms. The molecule has 128 valence electrons. The first-order valence-electron chi connectivity index (χ1n) is 7.55. The van der Waals surface area contributed by atoms with Gasteiger partial charge in [0.1, 0.15) is 5.69 Å². The van der Waals surface area contributed by atoms with E-state index in [-0.39, 0.29) is 17.5 Å². The van der Waals surface area contributed by atoms with Crippen LogP contribution in [0.3, 0.4) is 0 Å². The first-order valence-corrected chi connectivity index (χ1v) is 7.55. The Morgan fingerprint density at radius 1 is 1.39 bits per heavy atom. The van der Waals surface area contributed by atoms with Gasteiger partial charge in [-0.25, -0.2) is 4.39 Å². The molecule has 23 heavy (non-hydrogen) atoms. The van der Waals surface area contributed by atoms with Crippen LogP contribution >= 0.6 is 0 Å². The largest absolute Gasteiger partial charge is 0.494 e. The summed E-state index contributed by atoms with van der Waals surface area (Å²) in [4.78, 5) is 12.8. The number of rotatable bonds is 7. The zero-order valence-electron chi connectivity index (χ0n) is 13.4. The molecule has 1 fully saturated rings. The Morgan fingerprint density at radius 3 is 2.65 bits per heavy atom. The number of nitrogens with one attached hydrogen (secondary N) is 1. The summed E-state index contributed by atoms with van der Waals surface area (Å²) in [5.41, 5.74) is 0.0219. The van der Waals surface area contributed by atoms with Crippen molar-refractivity contribution in [2.45, 2.75) is 18.9 Å². The van der Waals surface area contributed by atoms with E-state index in [0.29, 0.717) is 12.3 Å². The van der Waals surface area contributed by atoms with Gasteiger partial charge in [-0.1, -0.05) is 0 Å². The summed E-state index contributed by atoms with van der Waals surface area (Å²) in [7, 11) is 3.01. The molecule has 0 radical (unpaired) electrons. The molecule has 0 bridgehead atoms. The minimum absolute atomic E-state index is 0.00405. The van der Waals surface area contributed by atoms with E-state index >= 15 is 0 Å². The van der Waals surface area contributed by atoms with Crippen LogP contribution < -0.4 is 10.1 Å². The monoisotopic (exact) mass is 327 g/mol. The summed E-state index contributed by atoms with van der Waals surface area (Å²) >= 11 is 0. The van der Waals surface area contributed by atoms with Crippen LogP contribution in [0, 0.1) is 15.9 Å². The van der Waals surface area contributed by atoms with E-state index in [1.165, 1.54) is 13.2 Å². The molecule has 0 unspecified atom stereocenters. The van der Waals surface area contributed by atoms with Crippen LogP contribution in [0.15, 0.2) is 12.1 Å². The molecule has 0 spiro atoms. The van der Waals surface area contributed by atoms with E-state index in [0.717, 1.165) is 38.5 Å². The van der Waals surface area contributed by atoms with Crippen molar-refractivity contribution in [1.29, 1.82) is 0 Å². The van der Waals surface area contributed by atoms with E-state index in [1.54, 1.807) is 7.11 Å². The molecule has 1 aromatic carbocycles. The van der Waals surface area contributed by atoms with Gasteiger partial charge in [0.2, 0.25) is 0 Å². The van der Waals surface area contributed by atoms with Gasteiger partial charge in [0.15, 0.2) is 11.6 Å². The second kappa shape index (κ2) is 8.07. The van der Waals surface area contributed by atoms with Gasteiger partial charge in [-0.2, -0.15) is 0 Å². The third-order valence-corrected chi connectivity index (χ3v) is 4.03. The molecule has 1 aliphatic heterocycles. The van der Waals surface area contributed by atoms with Crippen molar-refractivity contribution in [2.75, 3.05) is 45.8 Å². The highest BCUT2D eigenvalue weighted by Gasteiger charge is 2.24. The summed E-state index contributed by atoms with van der Waals surface area (Å²) < 4.78 is 23.6. The second-order valence-electron chi connectivity index (χ2n) is 5.51. The summed E-state index contributed by atoms with van der Waals surface area (Å²) in [6.07, 6.45) is 1.72. The molecular formula is C15H22FN3O4. The first-order chi connectivity index (χ1) is 11.0. The van der Waals surface area contributed by atoms with Gasteiger partial charge >= 0.3 is 0 Å². The highest BCUT2D eigenvalue weighted by atomic mass is 19.1. The van der Waals surface area contributed by atoms with Crippen molar-refractivity contribution in [3.63, 3.8) is 0 Å². The molecule has 1 N–H and O–H groups in total. The Morgan fingerprint density at radius 2 is 2.09 bits per heavy atom. The van der Waals surface area contributed by atoms with E-state index in [2.05, 4.69) is 10.2 Å². The number of hydrogen-bond donors (Lipinski definition) is 1. The number of likely N-dealkylation sites (tertiary alicyclic amines) is 1. The topological polar surface area (TPSA) is 76.9 Å². The molecule has 0 atom stereocenters. The summed E-state index contributed by atoms with van der Waals surface area (Å²) in [5.74, 6) is -0.741. The van der Waals surface area contributed by atoms with Gasteiger partial charge in [0.25, 0.3) is 5.69 Å². The van der Waals surface area contributed by atoms with Crippen LogP contribution in [-0.4, -0.2) is 56.3 Å². The van der Waals surface area contributed by atoms with E-state index in [9.17, 15) is 14.5 Å². The van der Waals surface area contributed by atoms with Crippen molar-refractivity contribution in [1.82, 2.24) is 4.90 Å². The number of halogens is 1. The summed E-state index contributed by atoms with van der Waals surface area (Å²) in [5, 5.41) is 14.3. The molecule has 0 aromatic heterocycles. The number of hydrogen-bond acceptors (Lipinski definition) is 6. The third kappa shape index (κ3) is 4.52. The molecule has 0 aliphatic carbocycles. The number of methoxy groups -OCH3 is 2. The van der Waals surface area contributed by atoms with Crippen LogP contribution in [0.2, 0.25) is 0 Å². The number of anilines is 1. The molecule has 0 amide bonds. The van der Waals surface area contributed by atoms with Gasteiger partial charge in [-0.3, -0.25) is 10.1 Å². The maximum absolute atomic E-state index is 13.7. The Hall–Kier alpha value is -1.93. The molecular weight excluding hydrogens is 305 g/mol. The van der Waals surface area contributed by atoms with Crippen LogP contribution in [-0.2, 0) is 4.74 Å². The predicted octanol–water partition coefficient (Wildman–Crippen LogP) is 2.27. The summed E-state index contributed by atoms with van der Waals surface area (Å²) in [6.45, 7) is 3.37. The molecule has 1 aromatic rings. The normalized spacial score (nSPS) is 16.3. The number of nitro groups is 1. The third-order valence-electron chi connectivity index (χ3n) is 4.03. The molecule has 2 rings (SSSR count). The Labute approximate surface area is 134 Å². The summed E-state index contributed by atoms with van der Waals surface area (Å²) in [6, 6.07) is 2.36. The standard InChI is InChI=1S/C15H22FN3O4/c1-22-8-7-18-5-3-11(4-6-18)17-13-10-15(23-2)12(16)9-14(13)19(20)21/h9-11,17H,3-8H2,1-2H3. The fraction of sp³-hybridized carbons (Fsp3) is 0.600. The van der Waals surface area contributed by atoms with Gasteiger partial charge in [0.05, 0.1) is 24.7 Å². The molecule has 1 heterocycles. The van der Waals surface area contributed by atoms with Gasteiger partial charge in [0, 0.05) is 38.9 Å². The zero-order chi connectivity index (χ0) is 16.8. The van der Waals surface area contributed by atoms with E-state index < -0.39 is 10.7 Å². The maximum atomic E-state index is 13.7. The average molecular weight is 327 g/mol. The van der Waals surface area contributed by atoms with Crippen LogP contribution in [0.5, 0.6) is 5.75 Å². The lowest BCUT2D eigenvalue weighted by atomic mass is 10.0. The average Bonchev–Trinajstić information content (AvgIpc) is 2.55. The highest BCUT2D eigenvalue weighted by Crippen LogP contribution is 2.33. The van der Waals surface area contributed by atoms with E-state index in [4.69, 9.17) is 9.47 Å². The lowest BCUT2D eigenvalue weighted by Crippen LogP contribution is -2.40. The molecule has 7 nitrogen and oxygen atoms in total. The number of benzene rings is 1. The zero-order valence-corrected chi connectivity index (χ0v) is 13.4.